The van der Waals surface area contributed by atoms with Crippen molar-refractivity contribution in [2.24, 2.45) is 17.1 Å². The highest BCUT2D eigenvalue weighted by Gasteiger charge is 2.53. The van der Waals surface area contributed by atoms with Gasteiger partial charge >= 0.3 is 6.01 Å². The van der Waals surface area contributed by atoms with Gasteiger partial charge in [0, 0.05) is 6.54 Å². The topological polar surface area (TPSA) is 77.0 Å². The summed E-state index contributed by atoms with van der Waals surface area (Å²) in [6.45, 7) is 1.27. The van der Waals surface area contributed by atoms with Gasteiger partial charge in [-0.05, 0) is 30.6 Å². The zero-order valence-electron chi connectivity index (χ0n) is 10.1. The molecule has 94 valence electrons. The lowest BCUT2D eigenvalue weighted by atomic mass is 9.84. The minimum absolute atomic E-state index is 0.308. The van der Waals surface area contributed by atoms with Crippen LogP contribution in [0.5, 0.6) is 0 Å². The number of hydrogen-bond acceptors (Lipinski definition) is 5. The Bertz CT molecular complexity index is 384. The Morgan fingerprint density at radius 2 is 2.12 bits per heavy atom. The van der Waals surface area contributed by atoms with E-state index in [0.29, 0.717) is 23.9 Å². The Kier molecular flexibility index (Phi) is 2.78. The molecule has 0 amide bonds. The van der Waals surface area contributed by atoms with Crippen molar-refractivity contribution in [3.8, 4) is 0 Å². The van der Waals surface area contributed by atoms with Gasteiger partial charge in [0.2, 0.25) is 5.89 Å². The third-order valence-corrected chi connectivity index (χ3v) is 4.35. The van der Waals surface area contributed by atoms with Gasteiger partial charge in [-0.25, -0.2) is 0 Å². The van der Waals surface area contributed by atoms with Crippen molar-refractivity contribution in [2.45, 2.75) is 45.1 Å². The normalized spacial score (nSPS) is 26.1. The van der Waals surface area contributed by atoms with Crippen LogP contribution in [0.3, 0.4) is 0 Å². The largest absolute Gasteiger partial charge is 0.407 e. The van der Waals surface area contributed by atoms with Gasteiger partial charge in [-0.15, -0.1) is 5.10 Å². The lowest BCUT2D eigenvalue weighted by Gasteiger charge is -2.22. The second-order valence-corrected chi connectivity index (χ2v) is 5.41. The van der Waals surface area contributed by atoms with E-state index < -0.39 is 0 Å². The summed E-state index contributed by atoms with van der Waals surface area (Å²) < 4.78 is 5.33. The molecule has 0 aromatic carbocycles. The van der Waals surface area contributed by atoms with Gasteiger partial charge in [0.1, 0.15) is 0 Å². The first-order valence-electron chi connectivity index (χ1n) is 6.59. The summed E-state index contributed by atoms with van der Waals surface area (Å²) in [5.74, 6) is 1.30. The van der Waals surface area contributed by atoms with E-state index in [9.17, 15) is 0 Å². The number of anilines is 1. The Morgan fingerprint density at radius 3 is 2.82 bits per heavy atom. The molecule has 1 aromatic heterocycles. The fourth-order valence-electron chi connectivity index (χ4n) is 3.21. The number of nitrogens with zero attached hydrogens (tertiary/aromatic N) is 2. The standard InChI is InChI=1S/C12H20N4O/c13-7-10-15-16-11(17-10)14-8-9-6-12(9)4-2-1-3-5-12/h9H,1-8,13H2,(H,14,16). The van der Waals surface area contributed by atoms with E-state index in [2.05, 4.69) is 15.5 Å². The molecule has 2 aliphatic rings. The van der Waals surface area contributed by atoms with Crippen molar-refractivity contribution in [1.82, 2.24) is 10.2 Å². The first-order chi connectivity index (χ1) is 8.32. The molecule has 0 bridgehead atoms. The average molecular weight is 236 g/mol. The Balaban J connectivity index is 1.49. The first-order valence-corrected chi connectivity index (χ1v) is 6.59. The molecule has 1 aromatic rings. The van der Waals surface area contributed by atoms with Crippen LogP contribution in [0.2, 0.25) is 0 Å². The summed E-state index contributed by atoms with van der Waals surface area (Å²) in [4.78, 5) is 0. The second kappa shape index (κ2) is 4.29. The number of nitrogens with one attached hydrogen (secondary N) is 1. The summed E-state index contributed by atoms with van der Waals surface area (Å²) in [6.07, 6.45) is 8.44. The van der Waals surface area contributed by atoms with E-state index in [0.717, 1.165) is 12.5 Å². The fourth-order valence-corrected chi connectivity index (χ4v) is 3.21. The third kappa shape index (κ3) is 2.16. The Morgan fingerprint density at radius 1 is 1.29 bits per heavy atom. The molecule has 0 aliphatic heterocycles. The van der Waals surface area contributed by atoms with Crippen molar-refractivity contribution in [2.75, 3.05) is 11.9 Å². The van der Waals surface area contributed by atoms with Crippen LogP contribution >= 0.6 is 0 Å². The van der Waals surface area contributed by atoms with E-state index in [-0.39, 0.29) is 0 Å². The van der Waals surface area contributed by atoms with Crippen LogP contribution in [-0.2, 0) is 6.54 Å². The molecule has 2 saturated carbocycles. The zero-order valence-corrected chi connectivity index (χ0v) is 10.1. The molecule has 3 N–H and O–H groups in total. The van der Waals surface area contributed by atoms with Crippen molar-refractivity contribution >= 4 is 6.01 Å². The van der Waals surface area contributed by atoms with Gasteiger partial charge < -0.3 is 15.5 Å². The molecule has 1 atom stereocenters. The maximum Gasteiger partial charge on any atom is 0.315 e. The van der Waals surface area contributed by atoms with Gasteiger partial charge in [-0.2, -0.15) is 0 Å². The van der Waals surface area contributed by atoms with Crippen LogP contribution in [0.25, 0.3) is 0 Å². The molecule has 2 aliphatic carbocycles. The molecule has 3 rings (SSSR count). The summed E-state index contributed by atoms with van der Waals surface area (Å²) in [5, 5.41) is 11.0. The maximum absolute atomic E-state index is 5.42. The van der Waals surface area contributed by atoms with Gasteiger partial charge in [0.05, 0.1) is 6.54 Å². The lowest BCUT2D eigenvalue weighted by molar-refractivity contribution is 0.310. The van der Waals surface area contributed by atoms with Crippen molar-refractivity contribution in [1.29, 1.82) is 0 Å². The fraction of sp³-hybridized carbons (Fsp3) is 0.833. The van der Waals surface area contributed by atoms with E-state index in [1.165, 1.54) is 38.5 Å². The predicted molar refractivity (Wildman–Crippen MR) is 64.3 cm³/mol. The van der Waals surface area contributed by atoms with E-state index >= 15 is 0 Å². The molecule has 17 heavy (non-hydrogen) atoms. The number of aromatic nitrogens is 2. The van der Waals surface area contributed by atoms with Crippen molar-refractivity contribution in [3.05, 3.63) is 5.89 Å². The average Bonchev–Trinajstić information content (AvgIpc) is 2.84. The molecular weight excluding hydrogens is 216 g/mol. The Hall–Kier alpha value is -1.10. The summed E-state index contributed by atoms with van der Waals surface area (Å²) in [5.41, 5.74) is 6.07. The highest BCUT2D eigenvalue weighted by Crippen LogP contribution is 2.61. The first kappa shape index (κ1) is 11.0. The smallest absolute Gasteiger partial charge is 0.315 e. The minimum atomic E-state index is 0.308. The quantitative estimate of drug-likeness (QED) is 0.835. The zero-order chi connectivity index (χ0) is 11.7. The van der Waals surface area contributed by atoms with Gasteiger partial charge in [-0.3, -0.25) is 0 Å². The summed E-state index contributed by atoms with van der Waals surface area (Å²) in [7, 11) is 0. The third-order valence-electron chi connectivity index (χ3n) is 4.35. The molecule has 0 saturated heterocycles. The lowest BCUT2D eigenvalue weighted by Crippen LogP contribution is -2.14. The minimum Gasteiger partial charge on any atom is -0.407 e. The van der Waals surface area contributed by atoms with E-state index in [4.69, 9.17) is 10.2 Å². The molecule has 1 unspecified atom stereocenters. The van der Waals surface area contributed by atoms with E-state index in [1.54, 1.807) is 0 Å². The van der Waals surface area contributed by atoms with Gasteiger partial charge in [0.25, 0.3) is 0 Å². The Labute approximate surface area is 101 Å². The van der Waals surface area contributed by atoms with Crippen LogP contribution in [0, 0.1) is 11.3 Å². The van der Waals surface area contributed by atoms with Crippen molar-refractivity contribution in [3.63, 3.8) is 0 Å². The van der Waals surface area contributed by atoms with Gasteiger partial charge in [0.15, 0.2) is 0 Å². The second-order valence-electron chi connectivity index (χ2n) is 5.41. The monoisotopic (exact) mass is 236 g/mol. The molecule has 5 heteroatoms. The predicted octanol–water partition coefficient (Wildman–Crippen LogP) is 1.91. The van der Waals surface area contributed by atoms with Gasteiger partial charge in [-0.1, -0.05) is 24.4 Å². The number of nitrogens with two attached hydrogens (primary N) is 1. The summed E-state index contributed by atoms with van der Waals surface area (Å²) in [6, 6.07) is 0.517. The van der Waals surface area contributed by atoms with E-state index in [1.807, 2.05) is 0 Å². The molecule has 0 radical (unpaired) electrons. The molecular formula is C12H20N4O. The summed E-state index contributed by atoms with van der Waals surface area (Å²) >= 11 is 0. The highest BCUT2D eigenvalue weighted by molar-refractivity contribution is 5.19. The maximum atomic E-state index is 5.42. The van der Waals surface area contributed by atoms with Crippen LogP contribution in [-0.4, -0.2) is 16.7 Å². The van der Waals surface area contributed by atoms with Crippen LogP contribution < -0.4 is 11.1 Å². The number of rotatable bonds is 4. The van der Waals surface area contributed by atoms with Crippen molar-refractivity contribution < 1.29 is 4.42 Å². The molecule has 1 spiro atoms. The molecule has 1 heterocycles. The highest BCUT2D eigenvalue weighted by atomic mass is 16.4. The van der Waals surface area contributed by atoms with Crippen LogP contribution in [0.4, 0.5) is 6.01 Å². The van der Waals surface area contributed by atoms with Crippen LogP contribution in [0.1, 0.15) is 44.4 Å². The molecule has 5 nitrogen and oxygen atoms in total. The SMILES string of the molecule is NCc1nnc(NCC2CC23CCCCC3)o1. The van der Waals surface area contributed by atoms with Crippen LogP contribution in [0.15, 0.2) is 4.42 Å². The number of hydrogen-bond donors (Lipinski definition) is 2. The molecule has 2 fully saturated rings.